The van der Waals surface area contributed by atoms with Crippen molar-refractivity contribution in [3.63, 3.8) is 0 Å². The molecule has 1 aromatic carbocycles. The van der Waals surface area contributed by atoms with Crippen LogP contribution in [0.25, 0.3) is 10.2 Å². The fourth-order valence-corrected chi connectivity index (χ4v) is 3.34. The second-order valence-electron chi connectivity index (χ2n) is 4.17. The lowest BCUT2D eigenvalue weighted by Crippen LogP contribution is -2.04. The highest BCUT2D eigenvalue weighted by molar-refractivity contribution is 7.85. The third kappa shape index (κ3) is 3.59. The molecule has 0 spiro atoms. The molecule has 0 radical (unpaired) electrons. The topological polar surface area (TPSA) is 85.7 Å². The maximum Gasteiger partial charge on any atom is 0.264 e. The Bertz CT molecular complexity index is 667. The highest BCUT2D eigenvalue weighted by Gasteiger charge is 2.11. The number of fused-ring (bicyclic) bond motifs is 1. The molecule has 0 saturated carbocycles. The lowest BCUT2D eigenvalue weighted by atomic mass is 10.3. The SMILES string of the molecule is COc1cc2nc(CCCS(=O)(=O)O)sc2cc1OC. The fraction of sp³-hybridized carbons (Fsp3) is 0.417. The number of hydrogen-bond acceptors (Lipinski definition) is 6. The van der Waals surface area contributed by atoms with Crippen LogP contribution in [0, 0.1) is 0 Å². The summed E-state index contributed by atoms with van der Waals surface area (Å²) < 4.78 is 41.4. The fourth-order valence-electron chi connectivity index (χ4n) is 1.82. The van der Waals surface area contributed by atoms with Crippen molar-refractivity contribution in [3.05, 3.63) is 17.1 Å². The second-order valence-corrected chi connectivity index (χ2v) is 6.86. The summed E-state index contributed by atoms with van der Waals surface area (Å²) >= 11 is 1.47. The summed E-state index contributed by atoms with van der Waals surface area (Å²) in [5, 5.41) is 0.818. The van der Waals surface area contributed by atoms with Crippen LogP contribution in [0.2, 0.25) is 0 Å². The Labute approximate surface area is 121 Å². The summed E-state index contributed by atoms with van der Waals surface area (Å²) in [6.45, 7) is 0. The largest absolute Gasteiger partial charge is 0.493 e. The molecule has 0 amide bonds. The van der Waals surface area contributed by atoms with Crippen molar-refractivity contribution in [2.45, 2.75) is 12.8 Å². The first-order chi connectivity index (χ1) is 9.43. The number of rotatable bonds is 6. The Morgan fingerprint density at radius 1 is 1.25 bits per heavy atom. The van der Waals surface area contributed by atoms with Crippen molar-refractivity contribution >= 4 is 31.7 Å². The Balaban J connectivity index is 2.20. The summed E-state index contributed by atoms with van der Waals surface area (Å²) in [5.41, 5.74) is 0.787. The van der Waals surface area contributed by atoms with E-state index in [-0.39, 0.29) is 5.75 Å². The molecule has 0 saturated heterocycles. The summed E-state index contributed by atoms with van der Waals surface area (Å²) in [6.07, 6.45) is 0.844. The lowest BCUT2D eigenvalue weighted by molar-refractivity contribution is 0.356. The molecule has 110 valence electrons. The van der Waals surface area contributed by atoms with E-state index in [1.807, 2.05) is 6.07 Å². The van der Waals surface area contributed by atoms with Gasteiger partial charge in [-0.1, -0.05) is 0 Å². The van der Waals surface area contributed by atoms with Crippen LogP contribution in [-0.2, 0) is 16.5 Å². The average Bonchev–Trinajstić information content (AvgIpc) is 2.76. The van der Waals surface area contributed by atoms with Gasteiger partial charge in [-0.05, 0) is 6.42 Å². The number of aromatic nitrogens is 1. The van der Waals surface area contributed by atoms with Gasteiger partial charge < -0.3 is 9.47 Å². The first-order valence-electron chi connectivity index (χ1n) is 5.89. The van der Waals surface area contributed by atoms with E-state index >= 15 is 0 Å². The first kappa shape index (κ1) is 15.0. The summed E-state index contributed by atoms with van der Waals surface area (Å²) in [7, 11) is -0.783. The zero-order valence-corrected chi connectivity index (χ0v) is 12.8. The van der Waals surface area contributed by atoms with Gasteiger partial charge in [0.2, 0.25) is 0 Å². The predicted octanol–water partition coefficient (Wildman–Crippen LogP) is 2.13. The standard InChI is InChI=1S/C12H15NO5S2/c1-17-9-6-8-11(7-10(9)18-2)19-12(13-8)4-3-5-20(14,15)16/h6-7H,3-5H2,1-2H3,(H,14,15,16). The van der Waals surface area contributed by atoms with E-state index in [0.29, 0.717) is 24.3 Å². The Kier molecular flexibility index (Phi) is 4.46. The van der Waals surface area contributed by atoms with Crippen LogP contribution in [0.15, 0.2) is 12.1 Å². The number of thiazole rings is 1. The maximum atomic E-state index is 10.7. The Morgan fingerprint density at radius 3 is 2.50 bits per heavy atom. The summed E-state index contributed by atoms with van der Waals surface area (Å²) in [6, 6.07) is 3.63. The van der Waals surface area contributed by atoms with Gasteiger partial charge in [-0.15, -0.1) is 11.3 Å². The number of nitrogens with zero attached hydrogens (tertiary/aromatic N) is 1. The molecular formula is C12H15NO5S2. The van der Waals surface area contributed by atoms with Gasteiger partial charge in [0, 0.05) is 18.6 Å². The van der Waals surface area contributed by atoms with E-state index in [9.17, 15) is 8.42 Å². The zero-order chi connectivity index (χ0) is 14.8. The summed E-state index contributed by atoms with van der Waals surface area (Å²) in [4.78, 5) is 4.42. The van der Waals surface area contributed by atoms with Crippen molar-refractivity contribution < 1.29 is 22.4 Å². The third-order valence-electron chi connectivity index (χ3n) is 2.73. The van der Waals surface area contributed by atoms with E-state index in [1.165, 1.54) is 11.3 Å². The minimum atomic E-state index is -3.91. The van der Waals surface area contributed by atoms with Crippen LogP contribution in [0.3, 0.4) is 0 Å². The Hall–Kier alpha value is -1.38. The minimum Gasteiger partial charge on any atom is -0.493 e. The molecule has 0 atom stereocenters. The molecule has 8 heteroatoms. The Morgan fingerprint density at radius 2 is 1.90 bits per heavy atom. The third-order valence-corrected chi connectivity index (χ3v) is 4.61. The molecule has 0 aliphatic heterocycles. The van der Waals surface area contributed by atoms with E-state index < -0.39 is 10.1 Å². The van der Waals surface area contributed by atoms with Crippen LogP contribution in [-0.4, -0.2) is 37.9 Å². The molecule has 6 nitrogen and oxygen atoms in total. The normalized spacial score (nSPS) is 11.8. The van der Waals surface area contributed by atoms with Crippen molar-refractivity contribution in [1.82, 2.24) is 4.98 Å². The van der Waals surface area contributed by atoms with Crippen LogP contribution < -0.4 is 9.47 Å². The molecule has 1 aromatic heterocycles. The zero-order valence-electron chi connectivity index (χ0n) is 11.1. The molecule has 0 unspecified atom stereocenters. The van der Waals surface area contributed by atoms with E-state index in [0.717, 1.165) is 15.2 Å². The summed E-state index contributed by atoms with van der Waals surface area (Å²) in [5.74, 6) is 0.984. The number of benzene rings is 1. The van der Waals surface area contributed by atoms with Crippen LogP contribution in [0.1, 0.15) is 11.4 Å². The molecule has 0 aliphatic rings. The molecule has 0 fully saturated rings. The number of hydrogen-bond donors (Lipinski definition) is 1. The van der Waals surface area contributed by atoms with Gasteiger partial charge in [-0.3, -0.25) is 4.55 Å². The van der Waals surface area contributed by atoms with Crippen LogP contribution >= 0.6 is 11.3 Å². The molecular weight excluding hydrogens is 302 g/mol. The van der Waals surface area contributed by atoms with E-state index in [1.54, 1.807) is 20.3 Å². The van der Waals surface area contributed by atoms with Gasteiger partial charge >= 0.3 is 0 Å². The minimum absolute atomic E-state index is 0.254. The number of aryl methyl sites for hydroxylation is 1. The monoisotopic (exact) mass is 317 g/mol. The second kappa shape index (κ2) is 5.94. The number of ether oxygens (including phenoxy) is 2. The molecule has 2 aromatic rings. The smallest absolute Gasteiger partial charge is 0.264 e. The highest BCUT2D eigenvalue weighted by Crippen LogP contribution is 2.34. The van der Waals surface area contributed by atoms with Gasteiger partial charge in [-0.2, -0.15) is 8.42 Å². The van der Waals surface area contributed by atoms with Gasteiger partial charge in [0.15, 0.2) is 11.5 Å². The maximum absolute atomic E-state index is 10.7. The lowest BCUT2D eigenvalue weighted by Gasteiger charge is -2.05. The van der Waals surface area contributed by atoms with Gasteiger partial charge in [0.05, 0.1) is 35.2 Å². The van der Waals surface area contributed by atoms with Crippen molar-refractivity contribution in [2.75, 3.05) is 20.0 Å². The molecule has 20 heavy (non-hydrogen) atoms. The van der Waals surface area contributed by atoms with Crippen LogP contribution in [0.4, 0.5) is 0 Å². The van der Waals surface area contributed by atoms with Gasteiger partial charge in [0.25, 0.3) is 10.1 Å². The van der Waals surface area contributed by atoms with Crippen molar-refractivity contribution in [3.8, 4) is 11.5 Å². The van der Waals surface area contributed by atoms with E-state index in [2.05, 4.69) is 4.98 Å². The molecule has 0 aliphatic carbocycles. The molecule has 1 heterocycles. The van der Waals surface area contributed by atoms with Gasteiger partial charge in [0.1, 0.15) is 0 Å². The quantitative estimate of drug-likeness (QED) is 0.822. The van der Waals surface area contributed by atoms with Gasteiger partial charge in [-0.25, -0.2) is 4.98 Å². The van der Waals surface area contributed by atoms with E-state index in [4.69, 9.17) is 14.0 Å². The average molecular weight is 317 g/mol. The van der Waals surface area contributed by atoms with Crippen LogP contribution in [0.5, 0.6) is 11.5 Å². The highest BCUT2D eigenvalue weighted by atomic mass is 32.2. The predicted molar refractivity (Wildman–Crippen MR) is 77.5 cm³/mol. The number of methoxy groups -OCH3 is 2. The molecule has 2 rings (SSSR count). The molecule has 0 bridgehead atoms. The van der Waals surface area contributed by atoms with Crippen molar-refractivity contribution in [1.29, 1.82) is 0 Å². The van der Waals surface area contributed by atoms with Crippen molar-refractivity contribution in [2.24, 2.45) is 0 Å². The first-order valence-corrected chi connectivity index (χ1v) is 8.32. The molecule has 1 N–H and O–H groups in total.